The van der Waals surface area contributed by atoms with Gasteiger partial charge in [0.1, 0.15) is 5.75 Å². The first kappa shape index (κ1) is 7.56. The summed E-state index contributed by atoms with van der Waals surface area (Å²) in [6.45, 7) is 0. The lowest BCUT2D eigenvalue weighted by Crippen LogP contribution is -1.80. The number of rotatable bonds is 4. The maximum Gasteiger partial charge on any atom is 0.227 e. The molecule has 11 heavy (non-hydrogen) atoms. The van der Waals surface area contributed by atoms with E-state index in [2.05, 4.69) is 15.9 Å². The zero-order chi connectivity index (χ0) is 8.81. The highest BCUT2D eigenvalue weighted by atomic mass is 79.9. The van der Waals surface area contributed by atoms with E-state index in [1.54, 1.807) is 0 Å². The van der Waals surface area contributed by atoms with Crippen molar-refractivity contribution in [1.29, 1.82) is 1.34 Å². The lowest BCUT2D eigenvalue weighted by molar-refractivity contribution is 0.655. The number of hydrogen-bond donors (Lipinski definition) is 0. The molecule has 0 saturated heterocycles. The van der Waals surface area contributed by atoms with Crippen LogP contribution in [0.3, 0.4) is 0 Å². The molecule has 57 valence electrons. The van der Waals surface area contributed by atoms with E-state index in [9.17, 15) is 0 Å². The average molecular weight is 232 g/mol. The van der Waals surface area contributed by atoms with Gasteiger partial charge in [0, 0.05) is 5.33 Å². The Labute approximate surface area is 81.5 Å². The molecule has 1 aromatic rings. The van der Waals surface area contributed by atoms with E-state index in [-0.39, 0.29) is 0 Å². The molecule has 0 saturated carbocycles. The molecular formula is C7H7BBrOS. The summed E-state index contributed by atoms with van der Waals surface area (Å²) in [5, 5.41) is 0.852. The largest absolute Gasteiger partial charge is 0.439 e. The molecule has 1 nitrogen and oxygen atoms in total. The predicted octanol–water partition coefficient (Wildman–Crippen LogP) is 2.42. The molecule has 0 fully saturated rings. The molecule has 4 heteroatoms. The zero-order valence-electron chi connectivity index (χ0n) is 6.79. The summed E-state index contributed by atoms with van der Waals surface area (Å²) >= 11 is 4.36. The van der Waals surface area contributed by atoms with Crippen molar-refractivity contribution < 1.29 is 4.18 Å². The lowest BCUT2D eigenvalue weighted by atomic mass is 10.2. The minimum atomic E-state index is 0.771. The van der Waals surface area contributed by atoms with E-state index in [1.807, 2.05) is 24.3 Å². The average Bonchev–Trinajstić information content (AvgIpc) is 2.15. The number of benzene rings is 1. The molecule has 0 aliphatic heterocycles. The highest BCUT2D eigenvalue weighted by Crippen LogP contribution is 2.16. The van der Waals surface area contributed by atoms with Crippen LogP contribution in [0.4, 0.5) is 0 Å². The van der Waals surface area contributed by atoms with Gasteiger partial charge in [-0.2, -0.15) is 0 Å². The van der Waals surface area contributed by atoms with E-state index in [0.717, 1.165) is 30.1 Å². The maximum atomic E-state index is 6.74. The van der Waals surface area contributed by atoms with Crippen molar-refractivity contribution in [3.63, 3.8) is 0 Å². The molecular weight excluding hydrogens is 223 g/mol. The standard InChI is InChI=1S/C7H7BBrOS/c8-11-10-7-3-1-6(5-9)2-4-7/h1-4,8H,5H2/i8T. The Morgan fingerprint density at radius 3 is 2.82 bits per heavy atom. The molecule has 0 aromatic heterocycles. The second-order valence-corrected chi connectivity index (χ2v) is 2.88. The van der Waals surface area contributed by atoms with Crippen LogP contribution in [-0.4, -0.2) is 8.42 Å². The molecule has 0 amide bonds. The highest BCUT2D eigenvalue weighted by molar-refractivity contribution is 9.08. The van der Waals surface area contributed by atoms with Gasteiger partial charge in [0.05, 0.1) is 0 Å². The molecule has 0 unspecified atom stereocenters. The molecule has 1 rings (SSSR count). The third kappa shape index (κ3) is 2.79. The third-order valence-electron chi connectivity index (χ3n) is 1.22. The van der Waals surface area contributed by atoms with Gasteiger partial charge in [-0.25, -0.2) is 0 Å². The van der Waals surface area contributed by atoms with E-state index < -0.39 is 0 Å². The Morgan fingerprint density at radius 2 is 2.27 bits per heavy atom. The molecule has 0 aliphatic rings. The molecule has 0 aliphatic carbocycles. The minimum absolute atomic E-state index is 0.771. The van der Waals surface area contributed by atoms with Gasteiger partial charge in [0.25, 0.3) is 0 Å². The molecule has 0 bridgehead atoms. The van der Waals surface area contributed by atoms with Crippen molar-refractivity contribution in [1.82, 2.24) is 0 Å². The van der Waals surface area contributed by atoms with E-state index in [0.29, 0.717) is 0 Å². The van der Waals surface area contributed by atoms with Crippen molar-refractivity contribution in [3.05, 3.63) is 29.8 Å². The summed E-state index contributed by atoms with van der Waals surface area (Å²) in [6.07, 6.45) is 0. The first-order valence-corrected chi connectivity index (χ1v) is 4.97. The van der Waals surface area contributed by atoms with Crippen LogP contribution in [0, 0.1) is 0 Å². The fourth-order valence-corrected chi connectivity index (χ4v) is 1.29. The maximum absolute atomic E-state index is 6.74. The van der Waals surface area contributed by atoms with Gasteiger partial charge in [0.2, 0.25) is 7.09 Å². The topological polar surface area (TPSA) is 9.23 Å². The van der Waals surface area contributed by atoms with E-state index in [4.69, 9.17) is 5.52 Å². The molecule has 0 heterocycles. The fourth-order valence-electron chi connectivity index (χ4n) is 0.690. The van der Waals surface area contributed by atoms with Crippen molar-refractivity contribution in [2.45, 2.75) is 5.33 Å². The Morgan fingerprint density at radius 1 is 1.55 bits per heavy atom. The molecule has 0 spiro atoms. The smallest absolute Gasteiger partial charge is 0.227 e. The van der Waals surface area contributed by atoms with Crippen LogP contribution in [0.5, 0.6) is 5.75 Å². The zero-order valence-corrected chi connectivity index (χ0v) is 8.19. The van der Waals surface area contributed by atoms with Crippen molar-refractivity contribution in [3.8, 4) is 5.75 Å². The Balaban J connectivity index is 2.53. The monoisotopic (exact) mass is 231 g/mol. The number of halogens is 1. The Hall–Kier alpha value is -0.0851. The van der Waals surface area contributed by atoms with Crippen molar-refractivity contribution in [2.24, 2.45) is 0 Å². The summed E-state index contributed by atoms with van der Waals surface area (Å²) in [7, 11) is 1.15. The Kier molecular flexibility index (Phi) is 3.25. The van der Waals surface area contributed by atoms with Gasteiger partial charge in [-0.3, -0.25) is 0 Å². The second-order valence-electron chi connectivity index (χ2n) is 1.96. The summed E-state index contributed by atoms with van der Waals surface area (Å²) in [5.74, 6) is 0.771. The first-order chi connectivity index (χ1) is 5.86. The Bertz CT molecular complexity index is 231. The van der Waals surface area contributed by atoms with Gasteiger partial charge < -0.3 is 4.18 Å². The van der Waals surface area contributed by atoms with Crippen molar-refractivity contribution >= 4 is 34.9 Å². The van der Waals surface area contributed by atoms with Gasteiger partial charge in [0.15, 0.2) is 0 Å². The van der Waals surface area contributed by atoms with Gasteiger partial charge >= 0.3 is 0 Å². The van der Waals surface area contributed by atoms with E-state index in [1.165, 1.54) is 5.56 Å². The van der Waals surface area contributed by atoms with Crippen LogP contribution in [-0.2, 0) is 5.33 Å². The normalized spacial score (nSPS) is 10.5. The van der Waals surface area contributed by atoms with Gasteiger partial charge in [-0.1, -0.05) is 28.1 Å². The molecule has 1 radical (unpaired) electrons. The van der Waals surface area contributed by atoms with Crippen LogP contribution >= 0.6 is 27.8 Å². The highest BCUT2D eigenvalue weighted by Gasteiger charge is 1.92. The summed E-state index contributed by atoms with van der Waals surface area (Å²) in [4.78, 5) is 0. The van der Waals surface area contributed by atoms with Gasteiger partial charge in [-0.15, -0.1) is 0 Å². The van der Waals surface area contributed by atoms with Crippen LogP contribution in [0.1, 0.15) is 5.56 Å². The predicted molar refractivity (Wildman–Crippen MR) is 54.4 cm³/mol. The number of hydrogen-bond acceptors (Lipinski definition) is 2. The SMILES string of the molecule is [3H][B]SOc1ccc(CBr)cc1. The van der Waals surface area contributed by atoms with Crippen molar-refractivity contribution in [2.75, 3.05) is 0 Å². The van der Waals surface area contributed by atoms with Crippen LogP contribution in [0.15, 0.2) is 24.3 Å². The molecule has 0 atom stereocenters. The molecule has 1 aromatic carbocycles. The van der Waals surface area contributed by atoms with Crippen LogP contribution in [0.2, 0.25) is 0 Å². The third-order valence-corrected chi connectivity index (χ3v) is 2.16. The molecule has 0 N–H and O–H groups in total. The summed E-state index contributed by atoms with van der Waals surface area (Å²) < 4.78 is 11.8. The lowest BCUT2D eigenvalue weighted by Gasteiger charge is -2.00. The minimum Gasteiger partial charge on any atom is -0.439 e. The quantitative estimate of drug-likeness (QED) is 0.447. The second kappa shape index (κ2) is 4.72. The number of alkyl halides is 1. The van der Waals surface area contributed by atoms with E-state index >= 15 is 0 Å². The summed E-state index contributed by atoms with van der Waals surface area (Å²) in [5.41, 5.74) is 1.21. The first-order valence-electron chi connectivity index (χ1n) is 3.63. The fraction of sp³-hybridized carbons (Fsp3) is 0.143. The summed E-state index contributed by atoms with van der Waals surface area (Å²) in [6, 6.07) is 7.73. The van der Waals surface area contributed by atoms with Crippen LogP contribution in [0.25, 0.3) is 0 Å². The van der Waals surface area contributed by atoms with Crippen LogP contribution < -0.4 is 4.18 Å². The van der Waals surface area contributed by atoms with Gasteiger partial charge in [-0.05, 0) is 30.9 Å².